The fourth-order valence-corrected chi connectivity index (χ4v) is 4.55. The number of amides is 1. The first-order valence-corrected chi connectivity index (χ1v) is 11.5. The lowest BCUT2D eigenvalue weighted by atomic mass is 10.0. The second-order valence-corrected chi connectivity index (χ2v) is 8.92. The smallest absolute Gasteiger partial charge is 0.265 e. The summed E-state index contributed by atoms with van der Waals surface area (Å²) in [6, 6.07) is 18.1. The standard InChI is InChI=1S/C25H29N3O2S/c1-27-12-4-13-28(15-14-27)18-21-17-20(8-11-23(21)30-2)19-6-9-22(10-7-19)26-25(29)24-5-3-16-31-24/h3,5-11,16-17H,4,12-15,18H2,1-2H3,(H,26,29). The van der Waals surface area contributed by atoms with Crippen LogP contribution in [-0.2, 0) is 6.54 Å². The first-order valence-electron chi connectivity index (χ1n) is 10.7. The van der Waals surface area contributed by atoms with Crippen molar-refractivity contribution < 1.29 is 9.53 Å². The number of hydrogen-bond acceptors (Lipinski definition) is 5. The quantitative estimate of drug-likeness (QED) is 0.603. The van der Waals surface area contributed by atoms with Crippen molar-refractivity contribution in [3.63, 3.8) is 0 Å². The van der Waals surface area contributed by atoms with Gasteiger partial charge in [-0.2, -0.15) is 0 Å². The molecule has 3 aromatic rings. The minimum atomic E-state index is -0.0717. The highest BCUT2D eigenvalue weighted by atomic mass is 32.1. The van der Waals surface area contributed by atoms with Crippen molar-refractivity contribution in [1.82, 2.24) is 9.80 Å². The predicted molar refractivity (Wildman–Crippen MR) is 128 cm³/mol. The third-order valence-electron chi connectivity index (χ3n) is 5.71. The lowest BCUT2D eigenvalue weighted by Crippen LogP contribution is -2.28. The number of ether oxygens (including phenoxy) is 1. The lowest BCUT2D eigenvalue weighted by Gasteiger charge is -2.22. The summed E-state index contributed by atoms with van der Waals surface area (Å²) >= 11 is 1.44. The summed E-state index contributed by atoms with van der Waals surface area (Å²) in [5.74, 6) is 0.860. The third-order valence-corrected chi connectivity index (χ3v) is 6.58. The molecule has 0 aliphatic carbocycles. The van der Waals surface area contributed by atoms with Gasteiger partial charge in [0.25, 0.3) is 5.91 Å². The van der Waals surface area contributed by atoms with Crippen molar-refractivity contribution in [3.05, 3.63) is 70.4 Å². The Morgan fingerprint density at radius 2 is 1.84 bits per heavy atom. The van der Waals surface area contributed by atoms with E-state index in [1.165, 1.54) is 23.3 Å². The number of nitrogens with one attached hydrogen (secondary N) is 1. The second-order valence-electron chi connectivity index (χ2n) is 7.97. The van der Waals surface area contributed by atoms with Gasteiger partial charge in [0.2, 0.25) is 0 Å². The number of thiophene rings is 1. The van der Waals surface area contributed by atoms with Gasteiger partial charge in [0.15, 0.2) is 0 Å². The number of hydrogen-bond donors (Lipinski definition) is 1. The zero-order chi connectivity index (χ0) is 21.6. The molecule has 1 N–H and O–H groups in total. The third kappa shape index (κ3) is 5.53. The van der Waals surface area contributed by atoms with Crippen molar-refractivity contribution in [2.75, 3.05) is 45.7 Å². The molecule has 4 rings (SSSR count). The SMILES string of the molecule is COc1ccc(-c2ccc(NC(=O)c3cccs3)cc2)cc1CN1CCCN(C)CC1. The number of benzene rings is 2. The van der Waals surface area contributed by atoms with Crippen LogP contribution in [0, 0.1) is 0 Å². The Labute approximate surface area is 188 Å². The maximum atomic E-state index is 12.3. The van der Waals surface area contributed by atoms with E-state index in [0.29, 0.717) is 4.88 Å². The molecule has 2 heterocycles. The van der Waals surface area contributed by atoms with E-state index in [0.717, 1.165) is 55.3 Å². The van der Waals surface area contributed by atoms with Crippen molar-refractivity contribution in [1.29, 1.82) is 0 Å². The van der Waals surface area contributed by atoms with Gasteiger partial charge in [-0.05, 0) is 73.4 Å². The summed E-state index contributed by atoms with van der Waals surface area (Å²) in [7, 11) is 3.93. The van der Waals surface area contributed by atoms with E-state index in [1.807, 2.05) is 29.6 Å². The highest BCUT2D eigenvalue weighted by molar-refractivity contribution is 7.12. The molecule has 0 radical (unpaired) electrons. The summed E-state index contributed by atoms with van der Waals surface area (Å²) in [5, 5.41) is 4.86. The van der Waals surface area contributed by atoms with Crippen LogP contribution in [0.2, 0.25) is 0 Å². The Balaban J connectivity index is 1.48. The summed E-state index contributed by atoms with van der Waals surface area (Å²) in [5.41, 5.74) is 4.27. The maximum Gasteiger partial charge on any atom is 0.265 e. The maximum absolute atomic E-state index is 12.3. The molecule has 162 valence electrons. The van der Waals surface area contributed by atoms with E-state index < -0.39 is 0 Å². The highest BCUT2D eigenvalue weighted by Crippen LogP contribution is 2.29. The topological polar surface area (TPSA) is 44.8 Å². The molecule has 1 aliphatic heterocycles. The number of likely N-dealkylation sites (N-methyl/N-ethyl adjacent to an activating group) is 1. The van der Waals surface area contributed by atoms with Crippen LogP contribution in [-0.4, -0.2) is 56.0 Å². The first-order chi connectivity index (χ1) is 15.1. The number of carbonyl (C=O) groups is 1. The predicted octanol–water partition coefficient (Wildman–Crippen LogP) is 4.81. The van der Waals surface area contributed by atoms with Crippen LogP contribution >= 0.6 is 11.3 Å². The van der Waals surface area contributed by atoms with E-state index >= 15 is 0 Å². The Hall–Kier alpha value is -2.67. The molecule has 1 amide bonds. The van der Waals surface area contributed by atoms with Gasteiger partial charge in [-0.25, -0.2) is 0 Å². The molecule has 1 aromatic heterocycles. The molecule has 0 spiro atoms. The average Bonchev–Trinajstić information content (AvgIpc) is 3.25. The Kier molecular flexibility index (Phi) is 7.02. The minimum Gasteiger partial charge on any atom is -0.496 e. The number of rotatable bonds is 6. The van der Waals surface area contributed by atoms with E-state index in [4.69, 9.17) is 4.74 Å². The molecule has 1 fully saturated rings. The van der Waals surface area contributed by atoms with Gasteiger partial charge < -0.3 is 15.0 Å². The normalized spacial score (nSPS) is 15.4. The van der Waals surface area contributed by atoms with E-state index in [-0.39, 0.29) is 5.91 Å². The zero-order valence-electron chi connectivity index (χ0n) is 18.1. The molecule has 31 heavy (non-hydrogen) atoms. The molecule has 0 saturated carbocycles. The molecule has 5 nitrogen and oxygen atoms in total. The number of anilines is 1. The summed E-state index contributed by atoms with van der Waals surface area (Å²) in [6.45, 7) is 5.32. The largest absolute Gasteiger partial charge is 0.496 e. The van der Waals surface area contributed by atoms with E-state index in [1.54, 1.807) is 7.11 Å². The monoisotopic (exact) mass is 435 g/mol. The van der Waals surface area contributed by atoms with Crippen molar-refractivity contribution >= 4 is 22.9 Å². The fourth-order valence-electron chi connectivity index (χ4n) is 3.93. The van der Waals surface area contributed by atoms with Crippen molar-refractivity contribution in [3.8, 4) is 16.9 Å². The van der Waals surface area contributed by atoms with Gasteiger partial charge in [-0.15, -0.1) is 11.3 Å². The summed E-state index contributed by atoms with van der Waals surface area (Å²) < 4.78 is 5.64. The average molecular weight is 436 g/mol. The van der Waals surface area contributed by atoms with E-state index in [2.05, 4.69) is 52.5 Å². The van der Waals surface area contributed by atoms with Crippen LogP contribution < -0.4 is 10.1 Å². The highest BCUT2D eigenvalue weighted by Gasteiger charge is 2.15. The van der Waals surface area contributed by atoms with Gasteiger partial charge in [0.1, 0.15) is 5.75 Å². The first kappa shape index (κ1) is 21.6. The molecule has 0 bridgehead atoms. The molecule has 1 aliphatic rings. The summed E-state index contributed by atoms with van der Waals surface area (Å²) in [4.78, 5) is 17.9. The fraction of sp³-hybridized carbons (Fsp3) is 0.320. The number of methoxy groups -OCH3 is 1. The van der Waals surface area contributed by atoms with Crippen LogP contribution in [0.1, 0.15) is 21.7 Å². The van der Waals surface area contributed by atoms with Gasteiger partial charge in [-0.3, -0.25) is 9.69 Å². The Bertz CT molecular complexity index is 1000. The Morgan fingerprint density at radius 3 is 2.58 bits per heavy atom. The molecule has 0 atom stereocenters. The molecule has 1 saturated heterocycles. The molecular formula is C25H29N3O2S. The summed E-state index contributed by atoms with van der Waals surface area (Å²) in [6.07, 6.45) is 1.19. The van der Waals surface area contributed by atoms with Crippen LogP contribution in [0.3, 0.4) is 0 Å². The zero-order valence-corrected chi connectivity index (χ0v) is 19.0. The molecule has 6 heteroatoms. The number of nitrogens with zero attached hydrogens (tertiary/aromatic N) is 2. The van der Waals surface area contributed by atoms with Gasteiger partial charge >= 0.3 is 0 Å². The van der Waals surface area contributed by atoms with E-state index in [9.17, 15) is 4.79 Å². The van der Waals surface area contributed by atoms with Gasteiger partial charge in [0, 0.05) is 30.9 Å². The molecule has 0 unspecified atom stereocenters. The molecular weight excluding hydrogens is 406 g/mol. The van der Waals surface area contributed by atoms with Crippen molar-refractivity contribution in [2.24, 2.45) is 0 Å². The van der Waals surface area contributed by atoms with Crippen molar-refractivity contribution in [2.45, 2.75) is 13.0 Å². The minimum absolute atomic E-state index is 0.0717. The molecule has 2 aromatic carbocycles. The van der Waals surface area contributed by atoms with Gasteiger partial charge in [0.05, 0.1) is 12.0 Å². The van der Waals surface area contributed by atoms with Crippen LogP contribution in [0.15, 0.2) is 60.0 Å². The second kappa shape index (κ2) is 10.1. The van der Waals surface area contributed by atoms with Crippen LogP contribution in [0.25, 0.3) is 11.1 Å². The number of carbonyl (C=O) groups excluding carboxylic acids is 1. The van der Waals surface area contributed by atoms with Gasteiger partial charge in [-0.1, -0.05) is 24.3 Å². The lowest BCUT2D eigenvalue weighted by molar-refractivity contribution is 0.103. The van der Waals surface area contributed by atoms with Crippen LogP contribution in [0.4, 0.5) is 5.69 Å². The Morgan fingerprint density at radius 1 is 1.03 bits per heavy atom. The van der Waals surface area contributed by atoms with Crippen LogP contribution in [0.5, 0.6) is 5.75 Å².